The molecule has 0 aromatic rings. The summed E-state index contributed by atoms with van der Waals surface area (Å²) in [7, 11) is 0. The largest absolute Gasteiger partial charge is 0.394 e. The first-order valence-corrected chi connectivity index (χ1v) is 6.69. The number of hydrogen-bond donors (Lipinski definition) is 2. The minimum absolute atomic E-state index is 0.131. The highest BCUT2D eigenvalue weighted by Crippen LogP contribution is 2.39. The molecule has 1 unspecified atom stereocenters. The summed E-state index contributed by atoms with van der Waals surface area (Å²) in [5.74, 6) is 1.45. The predicted molar refractivity (Wildman–Crippen MR) is 66.2 cm³/mol. The Hall–Kier alpha value is -0.120. The normalized spacial score (nSPS) is 25.1. The Kier molecular flexibility index (Phi) is 3.57. The zero-order valence-corrected chi connectivity index (χ0v) is 10.7. The van der Waals surface area contributed by atoms with Crippen molar-refractivity contribution in [3.8, 4) is 0 Å². The van der Waals surface area contributed by atoms with E-state index in [0.29, 0.717) is 12.0 Å². The molecule has 2 aliphatic rings. The van der Waals surface area contributed by atoms with Gasteiger partial charge in [0.1, 0.15) is 0 Å². The van der Waals surface area contributed by atoms with E-state index < -0.39 is 0 Å². The van der Waals surface area contributed by atoms with Gasteiger partial charge in [0, 0.05) is 19.1 Å². The van der Waals surface area contributed by atoms with Crippen LogP contribution in [-0.4, -0.2) is 41.3 Å². The van der Waals surface area contributed by atoms with Crippen LogP contribution in [0.25, 0.3) is 0 Å². The molecule has 0 bridgehead atoms. The highest BCUT2D eigenvalue weighted by molar-refractivity contribution is 5.01. The minimum Gasteiger partial charge on any atom is -0.394 e. The molecule has 0 aromatic carbocycles. The molecule has 2 rings (SSSR count). The molecule has 16 heavy (non-hydrogen) atoms. The van der Waals surface area contributed by atoms with E-state index in [0.717, 1.165) is 12.5 Å². The Morgan fingerprint density at radius 1 is 1.31 bits per heavy atom. The van der Waals surface area contributed by atoms with E-state index >= 15 is 0 Å². The summed E-state index contributed by atoms with van der Waals surface area (Å²) in [6.45, 7) is 6.62. The fourth-order valence-electron chi connectivity index (χ4n) is 2.43. The van der Waals surface area contributed by atoms with Crippen molar-refractivity contribution in [3.05, 3.63) is 0 Å². The predicted octanol–water partition coefficient (Wildman–Crippen LogP) is 1.21. The fraction of sp³-hybridized carbons (Fsp3) is 1.00. The molecule has 3 nitrogen and oxygen atoms in total. The summed E-state index contributed by atoms with van der Waals surface area (Å²) >= 11 is 0. The molecule has 3 N–H and O–H groups in total. The van der Waals surface area contributed by atoms with Crippen LogP contribution in [0.3, 0.4) is 0 Å². The smallest absolute Gasteiger partial charge is 0.0626 e. The second kappa shape index (κ2) is 4.63. The lowest BCUT2D eigenvalue weighted by molar-refractivity contribution is 0.100. The van der Waals surface area contributed by atoms with Crippen molar-refractivity contribution in [1.29, 1.82) is 0 Å². The zero-order valence-electron chi connectivity index (χ0n) is 10.7. The van der Waals surface area contributed by atoms with Crippen molar-refractivity contribution in [1.82, 2.24) is 4.90 Å². The average Bonchev–Trinajstić information content (AvgIpc) is 3.08. The Morgan fingerprint density at radius 2 is 1.94 bits per heavy atom. The van der Waals surface area contributed by atoms with Crippen molar-refractivity contribution in [3.63, 3.8) is 0 Å². The van der Waals surface area contributed by atoms with Gasteiger partial charge in [-0.1, -0.05) is 0 Å². The molecule has 0 saturated heterocycles. The van der Waals surface area contributed by atoms with E-state index in [1.807, 2.05) is 0 Å². The van der Waals surface area contributed by atoms with Crippen LogP contribution in [0.5, 0.6) is 0 Å². The van der Waals surface area contributed by atoms with Crippen LogP contribution >= 0.6 is 0 Å². The third kappa shape index (κ3) is 2.96. The quantitative estimate of drug-likeness (QED) is 0.686. The highest BCUT2D eigenvalue weighted by atomic mass is 16.3. The van der Waals surface area contributed by atoms with Crippen LogP contribution in [0.2, 0.25) is 0 Å². The maximum Gasteiger partial charge on any atom is 0.0626 e. The van der Waals surface area contributed by atoms with Crippen molar-refractivity contribution in [2.45, 2.75) is 51.1 Å². The summed E-state index contributed by atoms with van der Waals surface area (Å²) in [5, 5.41) is 9.52. The molecule has 2 saturated carbocycles. The lowest BCUT2D eigenvalue weighted by atomic mass is 9.94. The zero-order chi connectivity index (χ0) is 11.8. The molecule has 94 valence electrons. The van der Waals surface area contributed by atoms with Gasteiger partial charge in [-0.25, -0.2) is 0 Å². The monoisotopic (exact) mass is 226 g/mol. The second-order valence-electron chi connectivity index (χ2n) is 6.13. The van der Waals surface area contributed by atoms with Crippen molar-refractivity contribution >= 4 is 0 Å². The van der Waals surface area contributed by atoms with Gasteiger partial charge in [0.15, 0.2) is 0 Å². The Morgan fingerprint density at radius 3 is 2.31 bits per heavy atom. The third-order valence-electron chi connectivity index (χ3n) is 4.10. The van der Waals surface area contributed by atoms with Crippen LogP contribution in [0.15, 0.2) is 0 Å². The minimum atomic E-state index is -0.348. The van der Waals surface area contributed by atoms with Gasteiger partial charge >= 0.3 is 0 Å². The van der Waals surface area contributed by atoms with Crippen LogP contribution < -0.4 is 5.73 Å². The van der Waals surface area contributed by atoms with Gasteiger partial charge in [-0.2, -0.15) is 0 Å². The van der Waals surface area contributed by atoms with E-state index in [9.17, 15) is 5.11 Å². The van der Waals surface area contributed by atoms with Crippen molar-refractivity contribution in [2.24, 2.45) is 17.6 Å². The maximum absolute atomic E-state index is 9.52. The molecule has 3 heteroatoms. The van der Waals surface area contributed by atoms with E-state index in [4.69, 9.17) is 5.73 Å². The number of aliphatic hydroxyl groups excluding tert-OH is 1. The first-order chi connectivity index (χ1) is 7.55. The van der Waals surface area contributed by atoms with Crippen LogP contribution in [0.1, 0.15) is 39.5 Å². The molecule has 0 aromatic heterocycles. The SMILES string of the molecule is CC(C)N(CC1CC1)CC(N)(CO)C1CC1. The van der Waals surface area contributed by atoms with Gasteiger partial charge in [0.25, 0.3) is 0 Å². The Bertz CT molecular complexity index is 236. The second-order valence-corrected chi connectivity index (χ2v) is 6.13. The molecular weight excluding hydrogens is 200 g/mol. The molecule has 0 radical (unpaired) electrons. The van der Waals surface area contributed by atoms with E-state index in [-0.39, 0.29) is 12.1 Å². The van der Waals surface area contributed by atoms with Gasteiger partial charge in [-0.15, -0.1) is 0 Å². The van der Waals surface area contributed by atoms with Crippen LogP contribution in [-0.2, 0) is 0 Å². The first kappa shape index (κ1) is 12.3. The topological polar surface area (TPSA) is 49.5 Å². The summed E-state index contributed by atoms with van der Waals surface area (Å²) in [5.41, 5.74) is 6.00. The average molecular weight is 226 g/mol. The molecule has 2 fully saturated rings. The molecule has 1 atom stereocenters. The maximum atomic E-state index is 9.52. The summed E-state index contributed by atoms with van der Waals surface area (Å²) in [6.07, 6.45) is 5.16. The Balaban J connectivity index is 1.91. The standard InChI is InChI=1S/C13H26N2O/c1-10(2)15(7-11-3-4-11)8-13(14,9-16)12-5-6-12/h10-12,16H,3-9,14H2,1-2H3. The van der Waals surface area contributed by atoms with Gasteiger partial charge in [-0.3, -0.25) is 4.90 Å². The van der Waals surface area contributed by atoms with E-state index in [1.165, 1.54) is 32.2 Å². The molecule has 2 aliphatic carbocycles. The van der Waals surface area contributed by atoms with Gasteiger partial charge in [0.05, 0.1) is 12.1 Å². The molecule has 0 spiro atoms. The van der Waals surface area contributed by atoms with Crippen molar-refractivity contribution in [2.75, 3.05) is 19.7 Å². The number of nitrogens with two attached hydrogens (primary N) is 1. The van der Waals surface area contributed by atoms with Gasteiger partial charge < -0.3 is 10.8 Å². The highest BCUT2D eigenvalue weighted by Gasteiger charge is 2.43. The number of nitrogens with zero attached hydrogens (tertiary/aromatic N) is 1. The van der Waals surface area contributed by atoms with Gasteiger partial charge in [-0.05, 0) is 51.4 Å². The van der Waals surface area contributed by atoms with Crippen LogP contribution in [0.4, 0.5) is 0 Å². The summed E-state index contributed by atoms with van der Waals surface area (Å²) < 4.78 is 0. The van der Waals surface area contributed by atoms with E-state index in [2.05, 4.69) is 18.7 Å². The lowest BCUT2D eigenvalue weighted by Crippen LogP contribution is -2.56. The molecule has 0 heterocycles. The summed E-state index contributed by atoms with van der Waals surface area (Å²) in [4.78, 5) is 2.46. The lowest BCUT2D eigenvalue weighted by Gasteiger charge is -2.36. The molecule has 0 aliphatic heterocycles. The Labute approximate surface area is 99.0 Å². The number of hydrogen-bond acceptors (Lipinski definition) is 3. The first-order valence-electron chi connectivity index (χ1n) is 6.69. The molecular formula is C13H26N2O. The molecule has 0 amide bonds. The fourth-order valence-corrected chi connectivity index (χ4v) is 2.43. The number of rotatable bonds is 7. The van der Waals surface area contributed by atoms with Gasteiger partial charge in [0.2, 0.25) is 0 Å². The third-order valence-corrected chi connectivity index (χ3v) is 4.10. The summed E-state index contributed by atoms with van der Waals surface area (Å²) in [6, 6.07) is 0.536. The number of aliphatic hydroxyl groups is 1. The van der Waals surface area contributed by atoms with E-state index in [1.54, 1.807) is 0 Å². The van der Waals surface area contributed by atoms with Crippen molar-refractivity contribution < 1.29 is 5.11 Å². The van der Waals surface area contributed by atoms with Crippen LogP contribution in [0, 0.1) is 11.8 Å².